The number of carbonyl (C=O) groups is 1. The van der Waals surface area contributed by atoms with E-state index in [1.54, 1.807) is 0 Å². The summed E-state index contributed by atoms with van der Waals surface area (Å²) in [5, 5.41) is 0. The minimum atomic E-state index is -0.343. The molecule has 0 aliphatic rings. The van der Waals surface area contributed by atoms with Gasteiger partial charge in [0.1, 0.15) is 5.75 Å². The van der Waals surface area contributed by atoms with Crippen molar-refractivity contribution < 1.29 is 14.3 Å². The lowest BCUT2D eigenvalue weighted by molar-refractivity contribution is -0.146. The van der Waals surface area contributed by atoms with Crippen molar-refractivity contribution in [1.29, 1.82) is 0 Å². The van der Waals surface area contributed by atoms with Gasteiger partial charge < -0.3 is 15.2 Å². The molecule has 0 unspecified atom stereocenters. The zero-order valence-electron chi connectivity index (χ0n) is 11.9. The second kappa shape index (κ2) is 7.79. The van der Waals surface area contributed by atoms with Gasteiger partial charge in [-0.05, 0) is 26.3 Å². The van der Waals surface area contributed by atoms with Crippen LogP contribution in [0.2, 0.25) is 0 Å². The first-order chi connectivity index (χ1) is 9.04. The van der Waals surface area contributed by atoms with Gasteiger partial charge in [-0.15, -0.1) is 0 Å². The summed E-state index contributed by atoms with van der Waals surface area (Å²) in [7, 11) is 0. The summed E-state index contributed by atoms with van der Waals surface area (Å²) < 4.78 is 10.5. The highest BCUT2D eigenvalue weighted by Crippen LogP contribution is 2.24. The van der Waals surface area contributed by atoms with Crippen LogP contribution in [0.3, 0.4) is 0 Å². The predicted molar refractivity (Wildman–Crippen MR) is 75.1 cm³/mol. The fourth-order valence-electron chi connectivity index (χ4n) is 1.66. The Balaban J connectivity index is 2.55. The van der Waals surface area contributed by atoms with Gasteiger partial charge in [0.05, 0.1) is 6.61 Å². The number of esters is 1. The molecule has 0 fully saturated rings. The lowest BCUT2D eigenvalue weighted by atomic mass is 10.1. The number of carbonyl (C=O) groups excluding carboxylic acids is 1. The Labute approximate surface area is 114 Å². The van der Waals surface area contributed by atoms with E-state index in [1.807, 2.05) is 39.0 Å². The first kappa shape index (κ1) is 15.5. The summed E-state index contributed by atoms with van der Waals surface area (Å²) >= 11 is 0. The van der Waals surface area contributed by atoms with E-state index >= 15 is 0 Å². The average Bonchev–Trinajstić information content (AvgIpc) is 2.37. The number of nitrogens with two attached hydrogens (primary N) is 1. The van der Waals surface area contributed by atoms with Crippen LogP contribution >= 0.6 is 0 Å². The van der Waals surface area contributed by atoms with Gasteiger partial charge in [0.15, 0.2) is 6.61 Å². The van der Waals surface area contributed by atoms with E-state index < -0.39 is 0 Å². The van der Waals surface area contributed by atoms with Crippen LogP contribution in [0.25, 0.3) is 0 Å². The van der Waals surface area contributed by atoms with Gasteiger partial charge in [-0.25, -0.2) is 4.79 Å². The summed E-state index contributed by atoms with van der Waals surface area (Å²) in [6.07, 6.45) is 1.88. The first-order valence-corrected chi connectivity index (χ1v) is 6.69. The maximum Gasteiger partial charge on any atom is 0.344 e. The Morgan fingerprint density at radius 3 is 2.79 bits per heavy atom. The summed E-state index contributed by atoms with van der Waals surface area (Å²) in [6, 6.07) is 5.62. The number of benzene rings is 1. The van der Waals surface area contributed by atoms with Crippen LogP contribution in [0, 0.1) is 6.92 Å². The van der Waals surface area contributed by atoms with E-state index in [2.05, 4.69) is 0 Å². The van der Waals surface area contributed by atoms with Crippen LogP contribution in [0.1, 0.15) is 43.9 Å². The van der Waals surface area contributed by atoms with E-state index in [1.165, 1.54) is 0 Å². The molecule has 106 valence electrons. The fourth-order valence-corrected chi connectivity index (χ4v) is 1.66. The third kappa shape index (κ3) is 5.30. The van der Waals surface area contributed by atoms with Gasteiger partial charge in [-0.2, -0.15) is 0 Å². The fraction of sp³-hybridized carbons (Fsp3) is 0.533. The molecule has 1 aromatic rings. The third-order valence-corrected chi connectivity index (χ3v) is 2.76. The molecule has 0 bridgehead atoms. The normalized spacial score (nSPS) is 12.0. The molecule has 0 aromatic heterocycles. The molecule has 4 nitrogen and oxygen atoms in total. The molecule has 1 aromatic carbocycles. The van der Waals surface area contributed by atoms with Crippen molar-refractivity contribution in [2.45, 2.75) is 39.7 Å². The average molecular weight is 265 g/mol. The Morgan fingerprint density at radius 1 is 1.42 bits per heavy atom. The van der Waals surface area contributed by atoms with E-state index in [-0.39, 0.29) is 18.6 Å². The molecule has 4 heteroatoms. The van der Waals surface area contributed by atoms with Crippen molar-refractivity contribution in [3.05, 3.63) is 29.3 Å². The van der Waals surface area contributed by atoms with Crippen LogP contribution < -0.4 is 10.5 Å². The SMILES string of the molecule is CCCCOC(=O)COc1ccc(C)cc1[C@H](C)N. The summed E-state index contributed by atoms with van der Waals surface area (Å²) in [6.45, 7) is 6.31. The quantitative estimate of drug-likeness (QED) is 0.608. The lowest BCUT2D eigenvalue weighted by Crippen LogP contribution is -2.17. The van der Waals surface area contributed by atoms with Crippen LogP contribution in [-0.2, 0) is 9.53 Å². The van der Waals surface area contributed by atoms with Gasteiger partial charge in [0.2, 0.25) is 0 Å². The monoisotopic (exact) mass is 265 g/mol. The molecule has 0 saturated heterocycles. The molecule has 1 rings (SSSR count). The minimum Gasteiger partial charge on any atom is -0.482 e. The zero-order valence-corrected chi connectivity index (χ0v) is 11.9. The second-order valence-corrected chi connectivity index (χ2v) is 4.69. The number of aryl methyl sites for hydroxylation is 1. The van der Waals surface area contributed by atoms with Crippen molar-refractivity contribution >= 4 is 5.97 Å². The summed E-state index contributed by atoms with van der Waals surface area (Å²) in [5.74, 6) is 0.303. The molecule has 0 amide bonds. The van der Waals surface area contributed by atoms with Crippen molar-refractivity contribution in [2.24, 2.45) is 5.73 Å². The molecule has 0 radical (unpaired) electrons. The highest BCUT2D eigenvalue weighted by molar-refractivity contribution is 5.71. The number of rotatable bonds is 7. The largest absolute Gasteiger partial charge is 0.482 e. The van der Waals surface area contributed by atoms with Gasteiger partial charge in [0.25, 0.3) is 0 Å². The molecule has 0 saturated carbocycles. The molecule has 2 N–H and O–H groups in total. The van der Waals surface area contributed by atoms with E-state index in [0.29, 0.717) is 12.4 Å². The molecule has 1 atom stereocenters. The van der Waals surface area contributed by atoms with E-state index in [0.717, 1.165) is 24.0 Å². The number of ether oxygens (including phenoxy) is 2. The summed E-state index contributed by atoms with van der Waals surface area (Å²) in [5.41, 5.74) is 7.91. The van der Waals surface area contributed by atoms with Gasteiger partial charge >= 0.3 is 5.97 Å². The molecule has 0 aliphatic heterocycles. The molecule has 0 heterocycles. The van der Waals surface area contributed by atoms with Crippen molar-refractivity contribution in [3.8, 4) is 5.75 Å². The molecule has 0 spiro atoms. The predicted octanol–water partition coefficient (Wildman–Crippen LogP) is 2.74. The van der Waals surface area contributed by atoms with Gasteiger partial charge in [-0.3, -0.25) is 0 Å². The van der Waals surface area contributed by atoms with Crippen LogP contribution in [0.15, 0.2) is 18.2 Å². The van der Waals surface area contributed by atoms with Gasteiger partial charge in [0, 0.05) is 11.6 Å². The van der Waals surface area contributed by atoms with Crippen molar-refractivity contribution in [1.82, 2.24) is 0 Å². The summed E-state index contributed by atoms with van der Waals surface area (Å²) in [4.78, 5) is 11.5. The Kier molecular flexibility index (Phi) is 6.36. The Hall–Kier alpha value is -1.55. The molecular formula is C15H23NO3. The smallest absolute Gasteiger partial charge is 0.344 e. The minimum absolute atomic E-state index is 0.0769. The first-order valence-electron chi connectivity index (χ1n) is 6.69. The van der Waals surface area contributed by atoms with Crippen LogP contribution in [0.5, 0.6) is 5.75 Å². The van der Waals surface area contributed by atoms with Crippen LogP contribution in [-0.4, -0.2) is 19.2 Å². The highest BCUT2D eigenvalue weighted by Gasteiger charge is 2.10. The maximum absolute atomic E-state index is 11.5. The molecule has 0 aliphatic carbocycles. The Morgan fingerprint density at radius 2 is 2.16 bits per heavy atom. The lowest BCUT2D eigenvalue weighted by Gasteiger charge is -2.14. The third-order valence-electron chi connectivity index (χ3n) is 2.76. The van der Waals surface area contributed by atoms with E-state index in [9.17, 15) is 4.79 Å². The second-order valence-electron chi connectivity index (χ2n) is 4.69. The standard InChI is InChI=1S/C15H23NO3/c1-4-5-8-18-15(17)10-19-14-7-6-11(2)9-13(14)12(3)16/h6-7,9,12H,4-5,8,10,16H2,1-3H3/t12-/m0/s1. The van der Waals surface area contributed by atoms with Crippen molar-refractivity contribution in [2.75, 3.05) is 13.2 Å². The Bertz CT molecular complexity index is 416. The number of hydrogen-bond acceptors (Lipinski definition) is 4. The number of hydrogen-bond donors (Lipinski definition) is 1. The van der Waals surface area contributed by atoms with Crippen molar-refractivity contribution in [3.63, 3.8) is 0 Å². The molecule has 19 heavy (non-hydrogen) atoms. The maximum atomic E-state index is 11.5. The van der Waals surface area contributed by atoms with Gasteiger partial charge in [-0.1, -0.05) is 31.0 Å². The molecular weight excluding hydrogens is 242 g/mol. The topological polar surface area (TPSA) is 61.5 Å². The van der Waals surface area contributed by atoms with Crippen LogP contribution in [0.4, 0.5) is 0 Å². The van der Waals surface area contributed by atoms with E-state index in [4.69, 9.17) is 15.2 Å². The zero-order chi connectivity index (χ0) is 14.3. The number of unbranched alkanes of at least 4 members (excludes halogenated alkanes) is 1. The highest BCUT2D eigenvalue weighted by atomic mass is 16.6.